The Bertz CT molecular complexity index is 355. The van der Waals surface area contributed by atoms with Crippen LogP contribution in [0.15, 0.2) is 4.99 Å². The first-order chi connectivity index (χ1) is 8.77. The van der Waals surface area contributed by atoms with Gasteiger partial charge in [-0.25, -0.2) is 0 Å². The van der Waals surface area contributed by atoms with Crippen molar-refractivity contribution in [3.63, 3.8) is 0 Å². The van der Waals surface area contributed by atoms with Crippen molar-refractivity contribution in [2.75, 3.05) is 0 Å². The molecule has 2 heteroatoms. The lowest BCUT2D eigenvalue weighted by molar-refractivity contribution is -0.0444. The molecule has 4 saturated carbocycles. The molecular formula is C17H28BrN. The molecule has 0 heterocycles. The minimum atomic E-state index is 0.0540. The number of halogens is 1. The molecule has 0 aromatic heterocycles. The summed E-state index contributed by atoms with van der Waals surface area (Å²) in [7, 11) is 0. The molecule has 4 aliphatic rings. The van der Waals surface area contributed by atoms with Crippen molar-refractivity contribution in [1.29, 1.82) is 0 Å². The molecule has 0 saturated heterocycles. The van der Waals surface area contributed by atoms with E-state index in [0.29, 0.717) is 10.2 Å². The molecule has 0 aromatic rings. The molecule has 0 amide bonds. The van der Waals surface area contributed by atoms with Crippen molar-refractivity contribution in [2.24, 2.45) is 28.2 Å². The summed E-state index contributed by atoms with van der Waals surface area (Å²) in [6.07, 6.45) is 8.92. The highest BCUT2D eigenvalue weighted by Crippen LogP contribution is 2.62. The standard InChI is InChI=1S/C17H28BrN/c1-11(19-16(2,3)4)15(18)17-8-12-5-13(9-17)7-14(6-12)10-17/h12-15H,5-10H2,1-4H3. The molecule has 4 rings (SSSR count). The van der Waals surface area contributed by atoms with Gasteiger partial charge in [-0.2, -0.15) is 0 Å². The van der Waals surface area contributed by atoms with Crippen molar-refractivity contribution in [3.05, 3.63) is 0 Å². The van der Waals surface area contributed by atoms with Crippen molar-refractivity contribution < 1.29 is 0 Å². The Kier molecular flexibility index (Phi) is 3.40. The number of nitrogens with zero attached hydrogens (tertiary/aromatic N) is 1. The summed E-state index contributed by atoms with van der Waals surface area (Å²) < 4.78 is 0. The number of alkyl halides is 1. The maximum Gasteiger partial charge on any atom is 0.0578 e. The summed E-state index contributed by atoms with van der Waals surface area (Å²) in [5.41, 5.74) is 1.92. The van der Waals surface area contributed by atoms with E-state index < -0.39 is 0 Å². The second kappa shape index (κ2) is 4.58. The highest BCUT2D eigenvalue weighted by atomic mass is 79.9. The van der Waals surface area contributed by atoms with Crippen LogP contribution in [0.4, 0.5) is 0 Å². The fourth-order valence-corrected chi connectivity index (χ4v) is 6.18. The van der Waals surface area contributed by atoms with E-state index in [1.807, 2.05) is 0 Å². The first-order valence-electron chi connectivity index (χ1n) is 7.98. The van der Waals surface area contributed by atoms with Crippen molar-refractivity contribution in [3.8, 4) is 0 Å². The fraction of sp³-hybridized carbons (Fsp3) is 0.941. The zero-order chi connectivity index (χ0) is 13.8. The van der Waals surface area contributed by atoms with E-state index in [0.717, 1.165) is 17.8 Å². The van der Waals surface area contributed by atoms with Gasteiger partial charge in [-0.05, 0) is 89.4 Å². The molecule has 1 nitrogen and oxygen atoms in total. The molecule has 4 bridgehead atoms. The maximum atomic E-state index is 4.94. The van der Waals surface area contributed by atoms with Gasteiger partial charge in [0.2, 0.25) is 0 Å². The van der Waals surface area contributed by atoms with E-state index in [9.17, 15) is 0 Å². The Morgan fingerprint density at radius 2 is 1.47 bits per heavy atom. The highest BCUT2D eigenvalue weighted by Gasteiger charge is 2.54. The molecule has 19 heavy (non-hydrogen) atoms. The zero-order valence-corrected chi connectivity index (χ0v) is 14.5. The SMILES string of the molecule is CC(=NC(C)(C)C)C(Br)C12CC3CC(CC(C3)C1)C2. The Balaban J connectivity index is 1.83. The van der Waals surface area contributed by atoms with Crippen LogP contribution in [0.2, 0.25) is 0 Å². The lowest BCUT2D eigenvalue weighted by Gasteiger charge is -2.58. The van der Waals surface area contributed by atoms with E-state index >= 15 is 0 Å². The largest absolute Gasteiger partial charge is 0.287 e. The average molecular weight is 326 g/mol. The summed E-state index contributed by atoms with van der Waals surface area (Å²) in [5.74, 6) is 3.07. The van der Waals surface area contributed by atoms with Crippen LogP contribution in [-0.4, -0.2) is 16.1 Å². The second-order valence-electron chi connectivity index (χ2n) is 8.57. The van der Waals surface area contributed by atoms with Gasteiger partial charge in [0.1, 0.15) is 0 Å². The Morgan fingerprint density at radius 1 is 1.05 bits per heavy atom. The third-order valence-electron chi connectivity index (χ3n) is 5.50. The molecule has 0 radical (unpaired) electrons. The third kappa shape index (κ3) is 2.66. The topological polar surface area (TPSA) is 12.4 Å². The van der Waals surface area contributed by atoms with Crippen LogP contribution in [0.3, 0.4) is 0 Å². The number of hydrogen-bond donors (Lipinski definition) is 0. The predicted molar refractivity (Wildman–Crippen MR) is 86.2 cm³/mol. The Labute approximate surface area is 126 Å². The third-order valence-corrected chi connectivity index (χ3v) is 7.14. The molecule has 0 aliphatic heterocycles. The quantitative estimate of drug-likeness (QED) is 0.487. The van der Waals surface area contributed by atoms with Crippen molar-refractivity contribution in [2.45, 2.75) is 76.6 Å². The number of rotatable bonds is 2. The van der Waals surface area contributed by atoms with E-state index in [1.54, 1.807) is 0 Å². The van der Waals surface area contributed by atoms with E-state index in [2.05, 4.69) is 43.6 Å². The summed E-state index contributed by atoms with van der Waals surface area (Å²) in [6, 6.07) is 0. The molecule has 1 atom stereocenters. The molecule has 0 aromatic carbocycles. The van der Waals surface area contributed by atoms with Gasteiger partial charge in [0.25, 0.3) is 0 Å². The first kappa shape index (κ1) is 14.1. The van der Waals surface area contributed by atoms with Crippen LogP contribution in [0.25, 0.3) is 0 Å². The molecule has 0 spiro atoms. The van der Waals surface area contributed by atoms with Gasteiger partial charge in [-0.1, -0.05) is 15.9 Å². The van der Waals surface area contributed by atoms with Crippen LogP contribution in [0, 0.1) is 23.2 Å². The molecule has 0 N–H and O–H groups in total. The fourth-order valence-electron chi connectivity index (χ4n) is 5.52. The highest BCUT2D eigenvalue weighted by molar-refractivity contribution is 9.10. The normalized spacial score (nSPS) is 43.6. The lowest BCUT2D eigenvalue weighted by atomic mass is 9.48. The van der Waals surface area contributed by atoms with Crippen LogP contribution in [0.5, 0.6) is 0 Å². The summed E-state index contributed by atoms with van der Waals surface area (Å²) >= 11 is 4.05. The molecule has 4 fully saturated rings. The Hall–Kier alpha value is 0.150. The van der Waals surface area contributed by atoms with Gasteiger partial charge in [0, 0.05) is 5.71 Å². The molecular weight excluding hydrogens is 298 g/mol. The number of aliphatic imine (C=N–C) groups is 1. The molecule has 108 valence electrons. The van der Waals surface area contributed by atoms with E-state index in [4.69, 9.17) is 4.99 Å². The lowest BCUT2D eigenvalue weighted by Crippen LogP contribution is -2.51. The van der Waals surface area contributed by atoms with E-state index in [1.165, 1.54) is 44.2 Å². The van der Waals surface area contributed by atoms with Gasteiger partial charge in [0.15, 0.2) is 0 Å². The van der Waals surface area contributed by atoms with Gasteiger partial charge in [-0.3, -0.25) is 4.99 Å². The smallest absolute Gasteiger partial charge is 0.0578 e. The molecule has 4 aliphatic carbocycles. The minimum absolute atomic E-state index is 0.0540. The van der Waals surface area contributed by atoms with E-state index in [-0.39, 0.29) is 5.54 Å². The maximum absolute atomic E-state index is 4.94. The average Bonchev–Trinajstić information content (AvgIpc) is 2.23. The van der Waals surface area contributed by atoms with Gasteiger partial charge < -0.3 is 0 Å². The molecule has 1 unspecified atom stereocenters. The van der Waals surface area contributed by atoms with Crippen molar-refractivity contribution in [1.82, 2.24) is 0 Å². The summed E-state index contributed by atoms with van der Waals surface area (Å²) in [5, 5.41) is 0. The minimum Gasteiger partial charge on any atom is -0.287 e. The monoisotopic (exact) mass is 325 g/mol. The predicted octanol–water partition coefficient (Wildman–Crippen LogP) is 5.23. The first-order valence-corrected chi connectivity index (χ1v) is 8.89. The van der Waals surface area contributed by atoms with Gasteiger partial charge >= 0.3 is 0 Å². The van der Waals surface area contributed by atoms with Crippen LogP contribution < -0.4 is 0 Å². The zero-order valence-electron chi connectivity index (χ0n) is 12.9. The number of hydrogen-bond acceptors (Lipinski definition) is 1. The second-order valence-corrected chi connectivity index (χ2v) is 9.48. The van der Waals surface area contributed by atoms with Gasteiger partial charge in [0.05, 0.1) is 10.4 Å². The van der Waals surface area contributed by atoms with Crippen LogP contribution >= 0.6 is 15.9 Å². The summed E-state index contributed by atoms with van der Waals surface area (Å²) in [4.78, 5) is 5.44. The van der Waals surface area contributed by atoms with Gasteiger partial charge in [-0.15, -0.1) is 0 Å². The van der Waals surface area contributed by atoms with Crippen LogP contribution in [-0.2, 0) is 0 Å². The summed E-state index contributed by atoms with van der Waals surface area (Å²) in [6.45, 7) is 8.85. The Morgan fingerprint density at radius 3 is 1.84 bits per heavy atom. The van der Waals surface area contributed by atoms with Crippen molar-refractivity contribution >= 4 is 21.6 Å². The van der Waals surface area contributed by atoms with Crippen LogP contribution in [0.1, 0.15) is 66.2 Å².